The SMILES string of the molecule is O=C(NCc1ccccc1Cl)N1CCc2ncsc2C1c1cccc(Cl)c1. The van der Waals surface area contributed by atoms with E-state index < -0.39 is 0 Å². The predicted octanol–water partition coefficient (Wildman–Crippen LogP) is 5.31. The van der Waals surface area contributed by atoms with E-state index in [1.807, 2.05) is 58.9 Å². The molecule has 0 saturated heterocycles. The topological polar surface area (TPSA) is 45.2 Å². The molecule has 1 aromatic heterocycles. The number of halogens is 2. The van der Waals surface area contributed by atoms with Gasteiger partial charge in [-0.1, -0.05) is 53.5 Å². The van der Waals surface area contributed by atoms with Gasteiger partial charge in [0.25, 0.3) is 0 Å². The second-order valence-electron chi connectivity index (χ2n) is 6.31. The van der Waals surface area contributed by atoms with Crippen molar-refractivity contribution in [2.45, 2.75) is 19.0 Å². The van der Waals surface area contributed by atoms with Crippen LogP contribution in [0.2, 0.25) is 10.0 Å². The van der Waals surface area contributed by atoms with Crippen LogP contribution in [0.25, 0.3) is 0 Å². The molecule has 1 aliphatic heterocycles. The monoisotopic (exact) mass is 417 g/mol. The molecule has 0 fully saturated rings. The number of aromatic nitrogens is 1. The number of thiazole rings is 1. The molecule has 7 heteroatoms. The van der Waals surface area contributed by atoms with E-state index in [9.17, 15) is 4.79 Å². The van der Waals surface area contributed by atoms with E-state index >= 15 is 0 Å². The van der Waals surface area contributed by atoms with Crippen LogP contribution in [0.3, 0.4) is 0 Å². The molecule has 0 saturated carbocycles. The van der Waals surface area contributed by atoms with E-state index in [1.165, 1.54) is 0 Å². The minimum Gasteiger partial charge on any atom is -0.334 e. The third-order valence-corrected chi connectivity index (χ3v) is 6.16. The summed E-state index contributed by atoms with van der Waals surface area (Å²) in [5, 5.41) is 4.30. The molecule has 0 radical (unpaired) electrons. The summed E-state index contributed by atoms with van der Waals surface area (Å²) < 4.78 is 0. The third-order valence-electron chi connectivity index (χ3n) is 4.64. The molecular formula is C20H17Cl2N3OS. The van der Waals surface area contributed by atoms with Crippen LogP contribution in [-0.2, 0) is 13.0 Å². The lowest BCUT2D eigenvalue weighted by Gasteiger charge is -2.35. The van der Waals surface area contributed by atoms with Crippen molar-refractivity contribution in [1.82, 2.24) is 15.2 Å². The van der Waals surface area contributed by atoms with Gasteiger partial charge in [-0.15, -0.1) is 11.3 Å². The molecule has 1 N–H and O–H groups in total. The van der Waals surface area contributed by atoms with E-state index in [-0.39, 0.29) is 12.1 Å². The third kappa shape index (κ3) is 3.81. The quantitative estimate of drug-likeness (QED) is 0.627. The summed E-state index contributed by atoms with van der Waals surface area (Å²) in [5.74, 6) is 0. The average Bonchev–Trinajstić information content (AvgIpc) is 3.15. The number of urea groups is 1. The van der Waals surface area contributed by atoms with Crippen LogP contribution < -0.4 is 5.32 Å². The van der Waals surface area contributed by atoms with Crippen molar-refractivity contribution >= 4 is 40.6 Å². The lowest BCUT2D eigenvalue weighted by molar-refractivity contribution is 0.180. The summed E-state index contributed by atoms with van der Waals surface area (Å²) in [6, 6.07) is 14.9. The maximum atomic E-state index is 13.0. The van der Waals surface area contributed by atoms with Crippen LogP contribution in [-0.4, -0.2) is 22.5 Å². The molecule has 27 heavy (non-hydrogen) atoms. The minimum atomic E-state index is -0.189. The Morgan fingerprint density at radius 2 is 2.07 bits per heavy atom. The summed E-state index contributed by atoms with van der Waals surface area (Å²) in [6.07, 6.45) is 0.745. The van der Waals surface area contributed by atoms with Gasteiger partial charge in [0.1, 0.15) is 0 Å². The molecule has 2 heterocycles. The predicted molar refractivity (Wildman–Crippen MR) is 110 cm³/mol. The first-order valence-corrected chi connectivity index (χ1v) is 10.2. The zero-order chi connectivity index (χ0) is 18.8. The van der Waals surface area contributed by atoms with E-state index in [0.29, 0.717) is 23.1 Å². The second-order valence-corrected chi connectivity index (χ2v) is 8.04. The highest BCUT2D eigenvalue weighted by molar-refractivity contribution is 7.09. The van der Waals surface area contributed by atoms with Gasteiger partial charge in [0, 0.05) is 29.6 Å². The Morgan fingerprint density at radius 1 is 1.22 bits per heavy atom. The summed E-state index contributed by atoms with van der Waals surface area (Å²) in [5.41, 5.74) is 4.77. The number of benzene rings is 2. The van der Waals surface area contributed by atoms with Gasteiger partial charge in [-0.3, -0.25) is 0 Å². The van der Waals surface area contributed by atoms with E-state index in [0.717, 1.165) is 28.1 Å². The molecule has 138 valence electrons. The Balaban J connectivity index is 1.60. The fraction of sp³-hybridized carbons (Fsp3) is 0.200. The number of fused-ring (bicyclic) bond motifs is 1. The van der Waals surface area contributed by atoms with Crippen molar-refractivity contribution in [3.05, 3.63) is 85.8 Å². The Labute approximate surface area is 171 Å². The van der Waals surface area contributed by atoms with Crippen molar-refractivity contribution in [3.8, 4) is 0 Å². The summed E-state index contributed by atoms with van der Waals surface area (Å²) >= 11 is 14.0. The molecule has 4 nitrogen and oxygen atoms in total. The van der Waals surface area contributed by atoms with Gasteiger partial charge in [0.15, 0.2) is 0 Å². The van der Waals surface area contributed by atoms with Crippen molar-refractivity contribution in [2.24, 2.45) is 0 Å². The molecule has 1 aliphatic rings. The fourth-order valence-corrected chi connectivity index (χ4v) is 4.70. The highest BCUT2D eigenvalue weighted by atomic mass is 35.5. The Hall–Kier alpha value is -2.08. The van der Waals surface area contributed by atoms with Crippen LogP contribution in [0.1, 0.15) is 27.7 Å². The number of carbonyl (C=O) groups excluding carboxylic acids is 1. The highest BCUT2D eigenvalue weighted by Gasteiger charge is 2.34. The van der Waals surface area contributed by atoms with Gasteiger partial charge in [-0.05, 0) is 29.3 Å². The number of nitrogens with one attached hydrogen (secondary N) is 1. The maximum Gasteiger partial charge on any atom is 0.318 e. The van der Waals surface area contributed by atoms with Crippen molar-refractivity contribution in [1.29, 1.82) is 0 Å². The van der Waals surface area contributed by atoms with Crippen LogP contribution in [0.15, 0.2) is 54.0 Å². The number of nitrogens with zero attached hydrogens (tertiary/aromatic N) is 2. The summed E-state index contributed by atoms with van der Waals surface area (Å²) in [4.78, 5) is 20.4. The minimum absolute atomic E-state index is 0.126. The summed E-state index contributed by atoms with van der Waals surface area (Å²) in [7, 11) is 0. The zero-order valence-corrected chi connectivity index (χ0v) is 16.7. The standard InChI is InChI=1S/C20H17Cl2N3OS/c21-15-6-3-5-13(10-15)18-19-17(24-12-27-19)8-9-25(18)20(26)23-11-14-4-1-2-7-16(14)22/h1-7,10,12,18H,8-9,11H2,(H,23,26). The van der Waals surface area contributed by atoms with Crippen molar-refractivity contribution in [2.75, 3.05) is 6.54 Å². The molecule has 2 aromatic carbocycles. The molecule has 0 aliphatic carbocycles. The average molecular weight is 418 g/mol. The van der Waals surface area contributed by atoms with E-state index in [4.69, 9.17) is 23.2 Å². The lowest BCUT2D eigenvalue weighted by Crippen LogP contribution is -2.45. The molecule has 4 rings (SSSR count). The Morgan fingerprint density at radius 3 is 2.89 bits per heavy atom. The number of hydrogen-bond acceptors (Lipinski definition) is 3. The van der Waals surface area contributed by atoms with Gasteiger partial charge in [0.2, 0.25) is 0 Å². The van der Waals surface area contributed by atoms with Crippen LogP contribution in [0.4, 0.5) is 4.79 Å². The number of amides is 2. The molecule has 1 atom stereocenters. The van der Waals surface area contributed by atoms with Gasteiger partial charge >= 0.3 is 6.03 Å². The molecule has 2 amide bonds. The maximum absolute atomic E-state index is 13.0. The Bertz CT molecular complexity index is 975. The van der Waals surface area contributed by atoms with Crippen LogP contribution in [0, 0.1) is 0 Å². The first-order chi connectivity index (χ1) is 13.1. The van der Waals surface area contributed by atoms with Gasteiger partial charge in [-0.2, -0.15) is 0 Å². The van der Waals surface area contributed by atoms with Crippen LogP contribution in [0.5, 0.6) is 0 Å². The largest absolute Gasteiger partial charge is 0.334 e. The van der Waals surface area contributed by atoms with Gasteiger partial charge < -0.3 is 10.2 Å². The number of rotatable bonds is 3. The molecular weight excluding hydrogens is 401 g/mol. The smallest absolute Gasteiger partial charge is 0.318 e. The molecule has 3 aromatic rings. The lowest BCUT2D eigenvalue weighted by atomic mass is 9.98. The number of carbonyl (C=O) groups is 1. The molecule has 1 unspecified atom stereocenters. The van der Waals surface area contributed by atoms with Gasteiger partial charge in [-0.25, -0.2) is 9.78 Å². The summed E-state index contributed by atoms with van der Waals surface area (Å²) in [6.45, 7) is 0.981. The van der Waals surface area contributed by atoms with Gasteiger partial charge in [0.05, 0.1) is 22.1 Å². The fourth-order valence-electron chi connectivity index (χ4n) is 3.33. The van der Waals surface area contributed by atoms with Crippen molar-refractivity contribution < 1.29 is 4.79 Å². The first-order valence-electron chi connectivity index (χ1n) is 8.59. The highest BCUT2D eigenvalue weighted by Crippen LogP contribution is 2.38. The number of hydrogen-bond donors (Lipinski definition) is 1. The normalized spacial score (nSPS) is 16.1. The zero-order valence-electron chi connectivity index (χ0n) is 14.4. The van der Waals surface area contributed by atoms with E-state index in [1.54, 1.807) is 11.3 Å². The van der Waals surface area contributed by atoms with E-state index in [2.05, 4.69) is 10.3 Å². The van der Waals surface area contributed by atoms with Crippen molar-refractivity contribution in [3.63, 3.8) is 0 Å². The van der Waals surface area contributed by atoms with Crippen LogP contribution >= 0.6 is 34.5 Å². The Kier molecular flexibility index (Phi) is 5.34. The molecule has 0 spiro atoms. The molecule has 0 bridgehead atoms. The second kappa shape index (κ2) is 7.89. The first kappa shape index (κ1) is 18.3.